The monoisotopic (exact) mass is 554 g/mol. The zero-order valence-corrected chi connectivity index (χ0v) is 24.2. The average Bonchev–Trinajstić information content (AvgIpc) is 2.78. The molecule has 0 unspecified atom stereocenters. The fraction of sp³-hybridized carbons (Fsp3) is 0.391. The SMILES string of the molecule is CCCCCS(=O)(=O)[N-]C(=O)/C=C/c1ccc(OCCOC)cc1Oc1ccc(C(F)(F)F)cn1.[K+]. The molecule has 0 aliphatic carbocycles. The van der Waals surface area contributed by atoms with E-state index in [1.165, 1.54) is 25.3 Å². The molecule has 8 nitrogen and oxygen atoms in total. The average molecular weight is 555 g/mol. The van der Waals surface area contributed by atoms with E-state index in [9.17, 15) is 26.4 Å². The molecule has 13 heteroatoms. The molecule has 0 saturated heterocycles. The third-order valence-corrected chi connectivity index (χ3v) is 5.72. The Balaban J connectivity index is 0.00000648. The second-order valence-electron chi connectivity index (χ2n) is 7.28. The van der Waals surface area contributed by atoms with Crippen LogP contribution in [-0.4, -0.2) is 45.4 Å². The molecule has 1 aromatic heterocycles. The first-order chi connectivity index (χ1) is 16.5. The second kappa shape index (κ2) is 15.7. The van der Waals surface area contributed by atoms with Crippen LogP contribution in [0.1, 0.15) is 37.3 Å². The van der Waals surface area contributed by atoms with Crippen molar-refractivity contribution in [1.82, 2.24) is 4.98 Å². The summed E-state index contributed by atoms with van der Waals surface area (Å²) in [6.07, 6.45) is 0.269. The molecule has 0 spiro atoms. The number of rotatable bonds is 13. The van der Waals surface area contributed by atoms with Crippen LogP contribution < -0.4 is 60.9 Å². The summed E-state index contributed by atoms with van der Waals surface area (Å²) in [5.41, 5.74) is -0.619. The van der Waals surface area contributed by atoms with Crippen molar-refractivity contribution in [3.8, 4) is 17.4 Å². The van der Waals surface area contributed by atoms with Crippen LogP contribution in [0, 0.1) is 0 Å². The second-order valence-corrected chi connectivity index (χ2v) is 9.04. The van der Waals surface area contributed by atoms with Gasteiger partial charge in [0.1, 0.15) is 18.1 Å². The number of aromatic nitrogens is 1. The molecule has 0 bridgehead atoms. The van der Waals surface area contributed by atoms with Gasteiger partial charge in [-0.15, -0.1) is 0 Å². The maximum Gasteiger partial charge on any atom is 1.00 e. The number of hydrogen-bond donors (Lipinski definition) is 0. The van der Waals surface area contributed by atoms with Crippen LogP contribution in [0.5, 0.6) is 17.4 Å². The summed E-state index contributed by atoms with van der Waals surface area (Å²) in [6, 6.07) is 6.44. The standard InChI is InChI=1S/C23H27F3N2O6S.K/c1-3-4-5-14-35(30,31)28-21(29)10-7-17-6-9-19(33-13-12-32-2)15-20(17)34-22-11-8-18(16-27-22)23(24,25)26;/h6-11,15-16H,3-5,12-14H2,1-2H3,(H,28,29);/q;+1/p-1/b10-7+;. The van der Waals surface area contributed by atoms with Gasteiger partial charge in [-0.3, -0.25) is 0 Å². The molecule has 0 aliphatic heterocycles. The molecule has 0 saturated carbocycles. The topological polar surface area (TPSA) is 106 Å². The summed E-state index contributed by atoms with van der Waals surface area (Å²) < 4.78 is 81.6. The molecule has 1 heterocycles. The van der Waals surface area contributed by atoms with Crippen molar-refractivity contribution in [2.24, 2.45) is 0 Å². The Morgan fingerprint density at radius 3 is 2.50 bits per heavy atom. The number of halogens is 3. The number of alkyl halides is 3. The Morgan fingerprint density at radius 2 is 1.89 bits per heavy atom. The van der Waals surface area contributed by atoms with Gasteiger partial charge in [0.25, 0.3) is 0 Å². The molecule has 0 fully saturated rings. The van der Waals surface area contributed by atoms with Crippen LogP contribution in [0.25, 0.3) is 10.8 Å². The smallest absolute Gasteiger partial charge is 0.542 e. The number of methoxy groups -OCH3 is 1. The maximum absolute atomic E-state index is 12.8. The Bertz CT molecular complexity index is 1110. The Hall–Kier alpha value is -1.48. The van der Waals surface area contributed by atoms with Gasteiger partial charge in [-0.05, 0) is 36.8 Å². The number of ether oxygens (including phenoxy) is 3. The number of pyridine rings is 1. The quantitative estimate of drug-likeness (QED) is 0.213. The number of hydrogen-bond acceptors (Lipinski definition) is 7. The van der Waals surface area contributed by atoms with Gasteiger partial charge in [0, 0.05) is 36.8 Å². The van der Waals surface area contributed by atoms with Gasteiger partial charge in [0.05, 0.1) is 28.1 Å². The van der Waals surface area contributed by atoms with Gasteiger partial charge >= 0.3 is 57.6 Å². The summed E-state index contributed by atoms with van der Waals surface area (Å²) in [7, 11) is -2.38. The molecule has 0 radical (unpaired) electrons. The molecule has 192 valence electrons. The molecule has 0 N–H and O–H groups in total. The Labute approximate surface area is 251 Å². The number of benzene rings is 1. The van der Waals surface area contributed by atoms with E-state index in [0.29, 0.717) is 37.0 Å². The molecule has 36 heavy (non-hydrogen) atoms. The summed E-state index contributed by atoms with van der Waals surface area (Å²) in [5.74, 6) is -0.837. The van der Waals surface area contributed by atoms with Gasteiger partial charge in [-0.1, -0.05) is 19.8 Å². The third-order valence-electron chi connectivity index (χ3n) is 4.46. The minimum Gasteiger partial charge on any atom is -0.542 e. The molecular formula is C23H26F3KN2O6S. The van der Waals surface area contributed by atoms with Gasteiger partial charge in [0.15, 0.2) is 0 Å². The zero-order chi connectivity index (χ0) is 25.9. The number of carbonyl (C=O) groups excluding carboxylic acids is 1. The predicted molar refractivity (Wildman–Crippen MR) is 124 cm³/mol. The van der Waals surface area contributed by atoms with E-state index in [1.54, 1.807) is 6.07 Å². The minimum absolute atomic E-state index is 0. The number of amides is 1. The van der Waals surface area contributed by atoms with Crippen molar-refractivity contribution < 1.29 is 92.0 Å². The predicted octanol–water partition coefficient (Wildman–Crippen LogP) is 2.36. The molecule has 1 amide bonds. The Morgan fingerprint density at radius 1 is 1.14 bits per heavy atom. The van der Waals surface area contributed by atoms with Crippen LogP contribution >= 0.6 is 0 Å². The van der Waals surface area contributed by atoms with Crippen molar-refractivity contribution in [2.45, 2.75) is 32.4 Å². The zero-order valence-electron chi connectivity index (χ0n) is 20.2. The number of unbranched alkanes of at least 4 members (excludes halogenated alkanes) is 2. The molecular weight excluding hydrogens is 528 g/mol. The van der Waals surface area contributed by atoms with Crippen molar-refractivity contribution in [3.63, 3.8) is 0 Å². The van der Waals surface area contributed by atoms with Crippen LogP contribution in [-0.2, 0) is 25.7 Å². The van der Waals surface area contributed by atoms with Crippen LogP contribution in [0.3, 0.4) is 0 Å². The first kappa shape index (κ1) is 32.5. The molecule has 0 atom stereocenters. The van der Waals surface area contributed by atoms with E-state index in [1.807, 2.05) is 6.92 Å². The van der Waals surface area contributed by atoms with Crippen molar-refractivity contribution in [3.05, 3.63) is 58.5 Å². The van der Waals surface area contributed by atoms with Crippen molar-refractivity contribution in [2.75, 3.05) is 26.1 Å². The first-order valence-corrected chi connectivity index (χ1v) is 12.3. The largest absolute Gasteiger partial charge is 1.00 e. The van der Waals surface area contributed by atoms with Gasteiger partial charge in [0.2, 0.25) is 5.88 Å². The minimum atomic E-state index is -4.55. The maximum atomic E-state index is 12.8. The van der Waals surface area contributed by atoms with E-state index in [4.69, 9.17) is 14.2 Å². The van der Waals surface area contributed by atoms with Gasteiger partial charge < -0.3 is 23.7 Å². The van der Waals surface area contributed by atoms with Crippen LogP contribution in [0.15, 0.2) is 42.6 Å². The van der Waals surface area contributed by atoms with E-state index in [2.05, 4.69) is 9.71 Å². The molecule has 2 aromatic rings. The van der Waals surface area contributed by atoms with Crippen LogP contribution in [0.4, 0.5) is 13.2 Å². The van der Waals surface area contributed by atoms with Crippen LogP contribution in [0.2, 0.25) is 0 Å². The van der Waals surface area contributed by atoms with E-state index >= 15 is 0 Å². The summed E-state index contributed by atoms with van der Waals surface area (Å²) >= 11 is 0. The number of sulfonamides is 1. The first-order valence-electron chi connectivity index (χ1n) is 10.7. The fourth-order valence-electron chi connectivity index (χ4n) is 2.70. The van der Waals surface area contributed by atoms with E-state index in [0.717, 1.165) is 24.6 Å². The van der Waals surface area contributed by atoms with Gasteiger partial charge in [-0.25, -0.2) is 13.4 Å². The van der Waals surface area contributed by atoms with Crippen molar-refractivity contribution in [1.29, 1.82) is 0 Å². The van der Waals surface area contributed by atoms with E-state index < -0.39 is 27.7 Å². The third kappa shape index (κ3) is 11.7. The molecule has 0 aliphatic rings. The molecule has 2 rings (SSSR count). The molecule has 1 aromatic carbocycles. The summed E-state index contributed by atoms with van der Waals surface area (Å²) in [5, 5.41) is 0. The Kier molecular flexibility index (Phi) is 14.2. The normalized spacial score (nSPS) is 11.7. The number of carbonyl (C=O) groups is 1. The van der Waals surface area contributed by atoms with Crippen molar-refractivity contribution >= 4 is 22.0 Å². The fourth-order valence-corrected chi connectivity index (χ4v) is 3.70. The summed E-state index contributed by atoms with van der Waals surface area (Å²) in [6.45, 7) is 2.48. The van der Waals surface area contributed by atoms with E-state index in [-0.39, 0.29) is 75.4 Å². The van der Waals surface area contributed by atoms with Gasteiger partial charge in [-0.2, -0.15) is 13.2 Å². The number of nitrogens with zero attached hydrogens (tertiary/aromatic N) is 2. The summed E-state index contributed by atoms with van der Waals surface area (Å²) in [4.78, 5) is 15.8.